The number of aliphatic carboxylic acids is 1. The van der Waals surface area contributed by atoms with Crippen LogP contribution in [-0.4, -0.2) is 44.2 Å². The first-order chi connectivity index (χ1) is 9.54. The number of amides is 2. The highest BCUT2D eigenvalue weighted by molar-refractivity contribution is 8.00. The van der Waals surface area contributed by atoms with Crippen LogP contribution in [0.15, 0.2) is 18.5 Å². The third kappa shape index (κ3) is 2.87. The lowest BCUT2D eigenvalue weighted by molar-refractivity contribution is -0.141. The van der Waals surface area contributed by atoms with Gasteiger partial charge in [-0.15, -0.1) is 11.8 Å². The van der Waals surface area contributed by atoms with Gasteiger partial charge in [-0.05, 0) is 25.0 Å². The monoisotopic (exact) mass is 295 g/mol. The highest BCUT2D eigenvalue weighted by Gasteiger charge is 2.40. The molecule has 2 atom stereocenters. The first-order valence-corrected chi connectivity index (χ1v) is 7.43. The number of urea groups is 1. The Kier molecular flexibility index (Phi) is 4.49. The molecular formula is C13H17N3O3S. The molecule has 1 aromatic heterocycles. The average molecular weight is 295 g/mol. The highest BCUT2D eigenvalue weighted by Crippen LogP contribution is 2.32. The molecule has 0 aliphatic carbocycles. The Balaban J connectivity index is 2.17. The Hall–Kier alpha value is -1.76. The number of hydrogen-bond donors (Lipinski definition) is 2. The van der Waals surface area contributed by atoms with Gasteiger partial charge in [-0.2, -0.15) is 0 Å². The van der Waals surface area contributed by atoms with Gasteiger partial charge in [-0.1, -0.05) is 6.92 Å². The van der Waals surface area contributed by atoms with Crippen LogP contribution in [0.1, 0.15) is 18.9 Å². The van der Waals surface area contributed by atoms with Gasteiger partial charge in [0.1, 0.15) is 6.04 Å². The maximum absolute atomic E-state index is 12.4. The van der Waals surface area contributed by atoms with E-state index in [0.29, 0.717) is 17.9 Å². The van der Waals surface area contributed by atoms with Gasteiger partial charge >= 0.3 is 12.0 Å². The van der Waals surface area contributed by atoms with Gasteiger partial charge in [-0.25, -0.2) is 9.59 Å². The number of nitrogens with one attached hydrogen (secondary N) is 1. The van der Waals surface area contributed by atoms with Gasteiger partial charge in [0.2, 0.25) is 0 Å². The molecule has 2 unspecified atom stereocenters. The van der Waals surface area contributed by atoms with E-state index >= 15 is 0 Å². The number of pyridine rings is 1. The van der Waals surface area contributed by atoms with Crippen LogP contribution < -0.4 is 5.32 Å². The summed E-state index contributed by atoms with van der Waals surface area (Å²) in [6.45, 7) is 3.81. The third-order valence-electron chi connectivity index (χ3n) is 3.24. The van der Waals surface area contributed by atoms with E-state index in [4.69, 9.17) is 0 Å². The molecule has 108 valence electrons. The van der Waals surface area contributed by atoms with E-state index in [2.05, 4.69) is 10.3 Å². The van der Waals surface area contributed by atoms with Crippen LogP contribution in [0.4, 0.5) is 10.5 Å². The summed E-state index contributed by atoms with van der Waals surface area (Å²) in [7, 11) is 0. The zero-order valence-electron chi connectivity index (χ0n) is 11.4. The summed E-state index contributed by atoms with van der Waals surface area (Å²) in [5.41, 5.74) is 1.49. The maximum atomic E-state index is 12.4. The summed E-state index contributed by atoms with van der Waals surface area (Å²) in [6, 6.07) is 0.632. The summed E-state index contributed by atoms with van der Waals surface area (Å²) >= 11 is 1.50. The molecule has 0 spiro atoms. The van der Waals surface area contributed by atoms with Gasteiger partial charge in [0, 0.05) is 11.9 Å². The molecule has 0 aromatic carbocycles. The second-order valence-electron chi connectivity index (χ2n) is 4.58. The number of carboxylic acid groups (broad SMARTS) is 1. The quantitative estimate of drug-likeness (QED) is 0.893. The van der Waals surface area contributed by atoms with Gasteiger partial charge in [0.05, 0.1) is 17.3 Å². The summed E-state index contributed by atoms with van der Waals surface area (Å²) < 4.78 is 0. The average Bonchev–Trinajstić information content (AvgIpc) is 2.85. The highest BCUT2D eigenvalue weighted by atomic mass is 32.2. The van der Waals surface area contributed by atoms with Crippen molar-refractivity contribution in [1.29, 1.82) is 0 Å². The van der Waals surface area contributed by atoms with Crippen molar-refractivity contribution in [2.45, 2.75) is 31.7 Å². The molecule has 1 fully saturated rings. The van der Waals surface area contributed by atoms with Crippen molar-refractivity contribution in [3.05, 3.63) is 24.0 Å². The molecule has 1 aliphatic heterocycles. The smallest absolute Gasteiger partial charge is 0.327 e. The standard InChI is InChI=1S/C13H17N3O3S/c1-3-11-16(10(7-20-11)12(17)18)13(19)15-9-6-14-5-4-8(9)2/h4-6,10-11H,3,7H2,1-2H3,(H,15,19)(H,17,18). The lowest BCUT2D eigenvalue weighted by Crippen LogP contribution is -2.47. The molecule has 1 aliphatic rings. The number of hydrogen-bond acceptors (Lipinski definition) is 4. The van der Waals surface area contributed by atoms with Crippen LogP contribution in [0.2, 0.25) is 0 Å². The number of rotatable bonds is 3. The fourth-order valence-corrected chi connectivity index (χ4v) is 3.46. The molecule has 0 radical (unpaired) electrons. The number of carbonyl (C=O) groups excluding carboxylic acids is 1. The number of anilines is 1. The predicted molar refractivity (Wildman–Crippen MR) is 77.8 cm³/mol. The van der Waals surface area contributed by atoms with Crippen molar-refractivity contribution in [3.63, 3.8) is 0 Å². The first-order valence-electron chi connectivity index (χ1n) is 6.39. The molecule has 0 bridgehead atoms. The van der Waals surface area contributed by atoms with E-state index in [9.17, 15) is 14.7 Å². The molecule has 2 heterocycles. The number of carboxylic acids is 1. The zero-order valence-corrected chi connectivity index (χ0v) is 12.2. The van der Waals surface area contributed by atoms with Crippen molar-refractivity contribution in [2.75, 3.05) is 11.1 Å². The molecule has 1 saturated heterocycles. The molecule has 0 saturated carbocycles. The minimum atomic E-state index is -0.966. The van der Waals surface area contributed by atoms with Crippen LogP contribution >= 0.6 is 11.8 Å². The Labute approximate surface area is 121 Å². The maximum Gasteiger partial charge on any atom is 0.327 e. The largest absolute Gasteiger partial charge is 0.480 e. The Morgan fingerprint density at radius 2 is 2.35 bits per heavy atom. The molecule has 2 amide bonds. The lowest BCUT2D eigenvalue weighted by Gasteiger charge is -2.27. The number of aryl methyl sites for hydroxylation is 1. The number of thioether (sulfide) groups is 1. The van der Waals surface area contributed by atoms with E-state index in [0.717, 1.165) is 5.56 Å². The molecular weight excluding hydrogens is 278 g/mol. The van der Waals surface area contributed by atoms with E-state index in [-0.39, 0.29) is 11.4 Å². The number of carbonyl (C=O) groups is 2. The summed E-state index contributed by atoms with van der Waals surface area (Å²) in [6.07, 6.45) is 3.92. The predicted octanol–water partition coefficient (Wildman–Crippen LogP) is 2.16. The summed E-state index contributed by atoms with van der Waals surface area (Å²) in [5.74, 6) is -0.542. The van der Waals surface area contributed by atoms with Crippen molar-refractivity contribution < 1.29 is 14.7 Å². The molecule has 1 aromatic rings. The van der Waals surface area contributed by atoms with E-state index in [1.165, 1.54) is 16.7 Å². The fraction of sp³-hybridized carbons (Fsp3) is 0.462. The van der Waals surface area contributed by atoms with Crippen LogP contribution in [0, 0.1) is 6.92 Å². The van der Waals surface area contributed by atoms with Gasteiger partial charge in [0.25, 0.3) is 0 Å². The topological polar surface area (TPSA) is 82.5 Å². The first kappa shape index (κ1) is 14.6. The SMILES string of the molecule is CCC1SCC(C(=O)O)N1C(=O)Nc1cnccc1C. The molecule has 2 N–H and O–H groups in total. The van der Waals surface area contributed by atoms with Crippen molar-refractivity contribution in [1.82, 2.24) is 9.88 Å². The van der Waals surface area contributed by atoms with Crippen molar-refractivity contribution >= 4 is 29.4 Å². The normalized spacial score (nSPS) is 21.8. The van der Waals surface area contributed by atoms with Crippen molar-refractivity contribution in [3.8, 4) is 0 Å². The Morgan fingerprint density at radius 3 is 2.95 bits per heavy atom. The second kappa shape index (κ2) is 6.13. The second-order valence-corrected chi connectivity index (χ2v) is 5.79. The fourth-order valence-electron chi connectivity index (χ4n) is 2.12. The number of nitrogens with zero attached hydrogens (tertiary/aromatic N) is 2. The minimum Gasteiger partial charge on any atom is -0.480 e. The van der Waals surface area contributed by atoms with Crippen LogP contribution in [0.5, 0.6) is 0 Å². The third-order valence-corrected chi connectivity index (χ3v) is 4.70. The van der Waals surface area contributed by atoms with E-state index in [1.807, 2.05) is 13.8 Å². The summed E-state index contributed by atoms with van der Waals surface area (Å²) in [5, 5.41) is 11.9. The summed E-state index contributed by atoms with van der Waals surface area (Å²) in [4.78, 5) is 29.0. The van der Waals surface area contributed by atoms with Gasteiger partial charge in [0.15, 0.2) is 0 Å². The molecule has 20 heavy (non-hydrogen) atoms. The van der Waals surface area contributed by atoms with Gasteiger partial charge in [-0.3, -0.25) is 9.88 Å². The Morgan fingerprint density at radius 1 is 1.60 bits per heavy atom. The zero-order chi connectivity index (χ0) is 14.7. The molecule has 7 heteroatoms. The van der Waals surface area contributed by atoms with Crippen molar-refractivity contribution in [2.24, 2.45) is 0 Å². The number of aromatic nitrogens is 1. The van der Waals surface area contributed by atoms with E-state index < -0.39 is 12.0 Å². The lowest BCUT2D eigenvalue weighted by atomic mass is 10.2. The van der Waals surface area contributed by atoms with Crippen LogP contribution in [-0.2, 0) is 4.79 Å². The van der Waals surface area contributed by atoms with Crippen LogP contribution in [0.3, 0.4) is 0 Å². The minimum absolute atomic E-state index is 0.104. The van der Waals surface area contributed by atoms with Gasteiger partial charge < -0.3 is 10.4 Å². The van der Waals surface area contributed by atoms with Crippen LogP contribution in [0.25, 0.3) is 0 Å². The van der Waals surface area contributed by atoms with E-state index in [1.54, 1.807) is 18.5 Å². The molecule has 6 nitrogen and oxygen atoms in total. The Bertz CT molecular complexity index is 523. The molecule has 2 rings (SSSR count).